The molecule has 3 heteroatoms. The number of hydrogen-bond donors (Lipinski definition) is 1. The number of benzene rings is 2. The second kappa shape index (κ2) is 5.97. The predicted octanol–water partition coefficient (Wildman–Crippen LogP) is 4.28. The standard InChI is InChI=1S/C17H15NOS/c19-16-8-9-17(15-7-2-1-6-14(15)16)20-12-10-13-5-3-4-11-18-13/h1-9,11,19H,10,12H2. The summed E-state index contributed by atoms with van der Waals surface area (Å²) < 4.78 is 0. The number of thioether (sulfide) groups is 1. The molecule has 1 N–H and O–H groups in total. The molecule has 2 nitrogen and oxygen atoms in total. The normalized spacial score (nSPS) is 10.8. The van der Waals surface area contributed by atoms with Crippen molar-refractivity contribution in [1.29, 1.82) is 0 Å². The molecule has 0 saturated heterocycles. The lowest BCUT2D eigenvalue weighted by atomic mass is 10.1. The average molecular weight is 281 g/mol. The van der Waals surface area contributed by atoms with Crippen molar-refractivity contribution >= 4 is 22.5 Å². The summed E-state index contributed by atoms with van der Waals surface area (Å²) in [6.45, 7) is 0. The van der Waals surface area contributed by atoms with Crippen LogP contribution in [-0.2, 0) is 6.42 Å². The van der Waals surface area contributed by atoms with E-state index < -0.39 is 0 Å². The summed E-state index contributed by atoms with van der Waals surface area (Å²) in [6, 6.07) is 17.7. The molecule has 2 aromatic carbocycles. The molecule has 0 atom stereocenters. The molecule has 100 valence electrons. The first-order chi connectivity index (χ1) is 9.84. The Labute approximate surface area is 122 Å². The van der Waals surface area contributed by atoms with Gasteiger partial charge in [-0.1, -0.05) is 30.3 Å². The van der Waals surface area contributed by atoms with Crippen LogP contribution in [0.15, 0.2) is 65.7 Å². The Balaban J connectivity index is 1.77. The van der Waals surface area contributed by atoms with Crippen molar-refractivity contribution in [2.45, 2.75) is 11.3 Å². The molecule has 0 spiro atoms. The van der Waals surface area contributed by atoms with Crippen LogP contribution in [0, 0.1) is 0 Å². The molecule has 3 rings (SSSR count). The zero-order valence-corrected chi connectivity index (χ0v) is 11.8. The highest BCUT2D eigenvalue weighted by Gasteiger charge is 2.05. The van der Waals surface area contributed by atoms with Crippen molar-refractivity contribution in [2.75, 3.05) is 5.75 Å². The van der Waals surface area contributed by atoms with Gasteiger partial charge in [0.05, 0.1) is 0 Å². The summed E-state index contributed by atoms with van der Waals surface area (Å²) in [4.78, 5) is 5.54. The molecular weight excluding hydrogens is 266 g/mol. The summed E-state index contributed by atoms with van der Waals surface area (Å²) in [5.41, 5.74) is 1.11. The molecule has 0 fully saturated rings. The SMILES string of the molecule is Oc1ccc(SCCc2ccccn2)c2ccccc12. The van der Waals surface area contributed by atoms with Crippen LogP contribution in [0.3, 0.4) is 0 Å². The van der Waals surface area contributed by atoms with Gasteiger partial charge in [0.1, 0.15) is 5.75 Å². The van der Waals surface area contributed by atoms with Gasteiger partial charge in [0.15, 0.2) is 0 Å². The minimum atomic E-state index is 0.342. The monoisotopic (exact) mass is 281 g/mol. The fourth-order valence-corrected chi connectivity index (χ4v) is 3.22. The van der Waals surface area contributed by atoms with Gasteiger partial charge >= 0.3 is 0 Å². The Hall–Kier alpha value is -2.00. The van der Waals surface area contributed by atoms with Crippen LogP contribution in [-0.4, -0.2) is 15.8 Å². The van der Waals surface area contributed by atoms with E-state index in [2.05, 4.69) is 17.1 Å². The number of phenols is 1. The largest absolute Gasteiger partial charge is 0.507 e. The van der Waals surface area contributed by atoms with Gasteiger partial charge in [-0.05, 0) is 36.1 Å². The molecule has 0 aliphatic heterocycles. The third-order valence-corrected chi connectivity index (χ3v) is 4.28. The zero-order chi connectivity index (χ0) is 13.8. The molecule has 1 aromatic heterocycles. The third-order valence-electron chi connectivity index (χ3n) is 3.20. The predicted molar refractivity (Wildman–Crippen MR) is 84.3 cm³/mol. The van der Waals surface area contributed by atoms with E-state index in [0.717, 1.165) is 28.6 Å². The van der Waals surface area contributed by atoms with Gasteiger partial charge in [-0.25, -0.2) is 0 Å². The number of rotatable bonds is 4. The highest BCUT2D eigenvalue weighted by molar-refractivity contribution is 7.99. The quantitative estimate of drug-likeness (QED) is 0.725. The summed E-state index contributed by atoms with van der Waals surface area (Å²) in [6.07, 6.45) is 2.77. The molecule has 0 unspecified atom stereocenters. The molecular formula is C17H15NOS. The van der Waals surface area contributed by atoms with Crippen molar-refractivity contribution in [3.05, 3.63) is 66.5 Å². The lowest BCUT2D eigenvalue weighted by molar-refractivity contribution is 0.481. The number of pyridine rings is 1. The van der Waals surface area contributed by atoms with E-state index >= 15 is 0 Å². The molecule has 0 aliphatic carbocycles. The molecule has 1 heterocycles. The maximum absolute atomic E-state index is 9.88. The molecule has 0 aliphatic rings. The Morgan fingerprint density at radius 2 is 1.70 bits per heavy atom. The molecule has 0 bridgehead atoms. The summed E-state index contributed by atoms with van der Waals surface area (Å²) in [5.74, 6) is 1.32. The first-order valence-corrected chi connectivity index (χ1v) is 7.56. The number of aromatic nitrogens is 1. The number of nitrogens with zero attached hydrogens (tertiary/aromatic N) is 1. The van der Waals surface area contributed by atoms with E-state index in [0.29, 0.717) is 5.75 Å². The van der Waals surface area contributed by atoms with Gasteiger partial charge in [-0.2, -0.15) is 0 Å². The Bertz CT molecular complexity index is 713. The van der Waals surface area contributed by atoms with Crippen LogP contribution < -0.4 is 0 Å². The molecule has 0 amide bonds. The fraction of sp³-hybridized carbons (Fsp3) is 0.118. The summed E-state index contributed by atoms with van der Waals surface area (Å²) >= 11 is 1.80. The van der Waals surface area contributed by atoms with Crippen LogP contribution >= 0.6 is 11.8 Å². The average Bonchev–Trinajstić information content (AvgIpc) is 2.51. The van der Waals surface area contributed by atoms with Gasteiger partial charge in [-0.3, -0.25) is 4.98 Å². The highest BCUT2D eigenvalue weighted by atomic mass is 32.2. The Morgan fingerprint density at radius 1 is 0.900 bits per heavy atom. The van der Waals surface area contributed by atoms with Crippen molar-refractivity contribution in [2.24, 2.45) is 0 Å². The maximum atomic E-state index is 9.88. The van der Waals surface area contributed by atoms with Crippen LogP contribution in [0.4, 0.5) is 0 Å². The lowest BCUT2D eigenvalue weighted by Crippen LogP contribution is -1.91. The zero-order valence-electron chi connectivity index (χ0n) is 11.0. The molecule has 0 saturated carbocycles. The van der Waals surface area contributed by atoms with E-state index in [1.807, 2.05) is 42.6 Å². The van der Waals surface area contributed by atoms with E-state index in [9.17, 15) is 5.11 Å². The Kier molecular flexibility index (Phi) is 3.88. The van der Waals surface area contributed by atoms with E-state index in [1.54, 1.807) is 17.8 Å². The van der Waals surface area contributed by atoms with E-state index in [-0.39, 0.29) is 0 Å². The van der Waals surface area contributed by atoms with Crippen LogP contribution in [0.2, 0.25) is 0 Å². The van der Waals surface area contributed by atoms with Crippen LogP contribution in [0.1, 0.15) is 5.69 Å². The smallest absolute Gasteiger partial charge is 0.123 e. The molecule has 0 radical (unpaired) electrons. The van der Waals surface area contributed by atoms with Crippen LogP contribution in [0.25, 0.3) is 10.8 Å². The van der Waals surface area contributed by atoms with Gasteiger partial charge in [0.25, 0.3) is 0 Å². The van der Waals surface area contributed by atoms with E-state index in [4.69, 9.17) is 0 Å². The van der Waals surface area contributed by atoms with Gasteiger partial charge < -0.3 is 5.11 Å². The second-order valence-corrected chi connectivity index (χ2v) is 5.68. The highest BCUT2D eigenvalue weighted by Crippen LogP contribution is 2.33. The summed E-state index contributed by atoms with van der Waals surface area (Å²) in [5, 5.41) is 11.9. The maximum Gasteiger partial charge on any atom is 0.123 e. The summed E-state index contributed by atoms with van der Waals surface area (Å²) in [7, 11) is 0. The van der Waals surface area contributed by atoms with Crippen molar-refractivity contribution in [3.8, 4) is 5.75 Å². The second-order valence-electron chi connectivity index (χ2n) is 4.55. The van der Waals surface area contributed by atoms with Crippen molar-refractivity contribution < 1.29 is 5.11 Å². The number of hydrogen-bond acceptors (Lipinski definition) is 3. The number of aryl methyl sites for hydroxylation is 1. The van der Waals surface area contributed by atoms with Gasteiger partial charge in [0.2, 0.25) is 0 Å². The minimum Gasteiger partial charge on any atom is -0.507 e. The first kappa shape index (κ1) is 13.0. The van der Waals surface area contributed by atoms with Crippen molar-refractivity contribution in [3.63, 3.8) is 0 Å². The van der Waals surface area contributed by atoms with E-state index in [1.165, 1.54) is 4.90 Å². The fourth-order valence-electron chi connectivity index (χ4n) is 2.19. The number of phenolic OH excluding ortho intramolecular Hbond substituents is 1. The minimum absolute atomic E-state index is 0.342. The van der Waals surface area contributed by atoms with Gasteiger partial charge in [0, 0.05) is 27.9 Å². The number of fused-ring (bicyclic) bond motifs is 1. The van der Waals surface area contributed by atoms with Crippen molar-refractivity contribution in [1.82, 2.24) is 4.98 Å². The lowest BCUT2D eigenvalue weighted by Gasteiger charge is -2.07. The topological polar surface area (TPSA) is 33.1 Å². The first-order valence-electron chi connectivity index (χ1n) is 6.58. The molecule has 3 aromatic rings. The molecule has 20 heavy (non-hydrogen) atoms. The third kappa shape index (κ3) is 2.78. The van der Waals surface area contributed by atoms with Gasteiger partial charge in [-0.15, -0.1) is 11.8 Å². The Morgan fingerprint density at radius 3 is 2.50 bits per heavy atom. The van der Waals surface area contributed by atoms with Crippen LogP contribution in [0.5, 0.6) is 5.75 Å². The number of aromatic hydroxyl groups is 1.